The zero-order chi connectivity index (χ0) is 21.3. The zero-order valence-electron chi connectivity index (χ0n) is 16.4. The van der Waals surface area contributed by atoms with Crippen LogP contribution in [0, 0.1) is 5.82 Å². The molecule has 1 unspecified atom stereocenters. The van der Waals surface area contributed by atoms with Crippen LogP contribution in [0.4, 0.5) is 4.39 Å². The molecular weight excluding hydrogens is 449 g/mol. The number of carbonyl (C=O) groups is 1. The molecule has 152 valence electrons. The van der Waals surface area contributed by atoms with E-state index in [0.29, 0.717) is 33.2 Å². The molecule has 0 fully saturated rings. The number of nitrogens with zero attached hydrogens (tertiary/aromatic N) is 4. The van der Waals surface area contributed by atoms with E-state index in [1.807, 2.05) is 26.0 Å². The van der Waals surface area contributed by atoms with Gasteiger partial charge in [-0.15, -0.1) is 0 Å². The van der Waals surface area contributed by atoms with Gasteiger partial charge < -0.3 is 5.32 Å². The monoisotopic (exact) mass is 467 g/mol. The first-order valence-corrected chi connectivity index (χ1v) is 10.2. The van der Waals surface area contributed by atoms with Gasteiger partial charge in [0.25, 0.3) is 5.91 Å². The number of fused-ring (bicyclic) bond motifs is 1. The van der Waals surface area contributed by atoms with Crippen molar-refractivity contribution < 1.29 is 9.18 Å². The van der Waals surface area contributed by atoms with Gasteiger partial charge in [0.2, 0.25) is 0 Å². The lowest BCUT2D eigenvalue weighted by molar-refractivity contribution is 0.0903. The zero-order valence-corrected chi connectivity index (χ0v) is 18.0. The Labute approximate surface area is 181 Å². The highest BCUT2D eigenvalue weighted by atomic mass is 79.9. The van der Waals surface area contributed by atoms with Crippen molar-refractivity contribution in [2.45, 2.75) is 25.8 Å². The number of carbonyl (C=O) groups excluding carboxylic acids is 1. The molecule has 1 amide bonds. The highest BCUT2D eigenvalue weighted by Gasteiger charge is 2.28. The number of halogens is 2. The van der Waals surface area contributed by atoms with Crippen LogP contribution in [0.5, 0.6) is 0 Å². The van der Waals surface area contributed by atoms with E-state index in [1.54, 1.807) is 35.4 Å². The van der Waals surface area contributed by atoms with Gasteiger partial charge in [0.15, 0.2) is 0 Å². The van der Waals surface area contributed by atoms with Crippen LogP contribution in [0.25, 0.3) is 16.6 Å². The largest absolute Gasteiger partial charge is 0.343 e. The molecule has 0 aliphatic carbocycles. The molecule has 0 saturated carbocycles. The molecule has 30 heavy (non-hydrogen) atoms. The Morgan fingerprint density at radius 1 is 1.20 bits per heavy atom. The summed E-state index contributed by atoms with van der Waals surface area (Å²) in [5.41, 5.74) is 2.14. The fraction of sp³-hybridized carbons (Fsp3) is 0.182. The molecule has 8 heteroatoms. The van der Waals surface area contributed by atoms with Crippen LogP contribution in [0.3, 0.4) is 0 Å². The standard InChI is InChI=1S/C22H19BrFN5O/c1-3-22(2,14-8-9-26-20(23)10-14)28-21(30)18-11-25-13-19-17(18)12-27-29(19)16-6-4-15(24)5-7-16/h4-13H,3H2,1-2H3,(H,28,30). The van der Waals surface area contributed by atoms with Crippen LogP contribution in [0.2, 0.25) is 0 Å². The summed E-state index contributed by atoms with van der Waals surface area (Å²) in [4.78, 5) is 21.6. The second kappa shape index (κ2) is 7.95. The van der Waals surface area contributed by atoms with Gasteiger partial charge in [0.05, 0.1) is 34.7 Å². The molecule has 0 bridgehead atoms. The highest BCUT2D eigenvalue weighted by Crippen LogP contribution is 2.28. The van der Waals surface area contributed by atoms with Crippen molar-refractivity contribution >= 4 is 32.7 Å². The van der Waals surface area contributed by atoms with E-state index < -0.39 is 5.54 Å². The topological polar surface area (TPSA) is 72.7 Å². The van der Waals surface area contributed by atoms with Crippen molar-refractivity contribution in [1.82, 2.24) is 25.1 Å². The fourth-order valence-corrected chi connectivity index (χ4v) is 3.70. The second-order valence-electron chi connectivity index (χ2n) is 7.16. The summed E-state index contributed by atoms with van der Waals surface area (Å²) in [6.45, 7) is 3.99. The quantitative estimate of drug-likeness (QED) is 0.429. The molecule has 0 spiro atoms. The minimum atomic E-state index is -0.586. The molecule has 0 aliphatic rings. The van der Waals surface area contributed by atoms with Crippen molar-refractivity contribution in [1.29, 1.82) is 0 Å². The summed E-state index contributed by atoms with van der Waals surface area (Å²) in [6, 6.07) is 9.78. The van der Waals surface area contributed by atoms with Crippen LogP contribution in [0.1, 0.15) is 36.2 Å². The van der Waals surface area contributed by atoms with Gasteiger partial charge in [-0.1, -0.05) is 6.92 Å². The summed E-state index contributed by atoms with van der Waals surface area (Å²) >= 11 is 3.39. The Morgan fingerprint density at radius 3 is 2.67 bits per heavy atom. The summed E-state index contributed by atoms with van der Waals surface area (Å²) in [5.74, 6) is -0.570. The maximum atomic E-state index is 13.3. The first-order valence-electron chi connectivity index (χ1n) is 9.43. The van der Waals surface area contributed by atoms with Crippen molar-refractivity contribution in [3.63, 3.8) is 0 Å². The van der Waals surface area contributed by atoms with E-state index in [9.17, 15) is 9.18 Å². The van der Waals surface area contributed by atoms with Crippen LogP contribution < -0.4 is 5.32 Å². The average Bonchev–Trinajstić information content (AvgIpc) is 3.18. The van der Waals surface area contributed by atoms with Gasteiger partial charge in [-0.25, -0.2) is 14.1 Å². The molecule has 3 aromatic heterocycles. The molecule has 1 aromatic carbocycles. The van der Waals surface area contributed by atoms with Gasteiger partial charge in [-0.2, -0.15) is 5.10 Å². The molecular formula is C22H19BrFN5O. The maximum Gasteiger partial charge on any atom is 0.254 e. The molecule has 1 atom stereocenters. The summed E-state index contributed by atoms with van der Waals surface area (Å²) in [7, 11) is 0. The van der Waals surface area contributed by atoms with E-state index in [1.165, 1.54) is 18.3 Å². The van der Waals surface area contributed by atoms with Crippen molar-refractivity contribution in [3.8, 4) is 5.69 Å². The normalized spacial score (nSPS) is 13.2. The van der Waals surface area contributed by atoms with E-state index in [2.05, 4.69) is 36.3 Å². The number of benzene rings is 1. The Morgan fingerprint density at radius 2 is 1.97 bits per heavy atom. The summed E-state index contributed by atoms with van der Waals surface area (Å²) in [5, 5.41) is 8.19. The average molecular weight is 468 g/mol. The van der Waals surface area contributed by atoms with Gasteiger partial charge in [0.1, 0.15) is 10.4 Å². The van der Waals surface area contributed by atoms with Crippen molar-refractivity contribution in [2.24, 2.45) is 0 Å². The molecule has 4 rings (SSSR count). The number of aromatic nitrogens is 4. The number of amides is 1. The third-order valence-corrected chi connectivity index (χ3v) is 5.71. The van der Waals surface area contributed by atoms with Gasteiger partial charge in [0, 0.05) is 17.8 Å². The highest BCUT2D eigenvalue weighted by molar-refractivity contribution is 9.10. The number of hydrogen-bond donors (Lipinski definition) is 1. The fourth-order valence-electron chi connectivity index (χ4n) is 3.34. The van der Waals surface area contributed by atoms with E-state index in [-0.39, 0.29) is 11.7 Å². The molecule has 4 aromatic rings. The van der Waals surface area contributed by atoms with Crippen LogP contribution >= 0.6 is 15.9 Å². The second-order valence-corrected chi connectivity index (χ2v) is 7.97. The first kappa shape index (κ1) is 20.2. The van der Waals surface area contributed by atoms with Crippen molar-refractivity contribution in [2.75, 3.05) is 0 Å². The predicted molar refractivity (Wildman–Crippen MR) is 116 cm³/mol. The minimum absolute atomic E-state index is 0.246. The van der Waals surface area contributed by atoms with Gasteiger partial charge >= 0.3 is 0 Å². The molecule has 0 aliphatic heterocycles. The van der Waals surface area contributed by atoms with E-state index >= 15 is 0 Å². The van der Waals surface area contributed by atoms with E-state index in [0.717, 1.165) is 5.56 Å². The Kier molecular flexibility index (Phi) is 5.34. The minimum Gasteiger partial charge on any atom is -0.343 e. The smallest absolute Gasteiger partial charge is 0.254 e. The molecule has 3 heterocycles. The van der Waals surface area contributed by atoms with Crippen LogP contribution in [-0.2, 0) is 5.54 Å². The third kappa shape index (κ3) is 3.70. The Hall–Kier alpha value is -3.13. The maximum absolute atomic E-state index is 13.3. The Bertz CT molecular complexity index is 1220. The lowest BCUT2D eigenvalue weighted by Gasteiger charge is -2.30. The van der Waals surface area contributed by atoms with Gasteiger partial charge in [-0.05, 0) is 71.2 Å². The summed E-state index contributed by atoms with van der Waals surface area (Å²) in [6.07, 6.45) is 7.19. The van der Waals surface area contributed by atoms with Crippen molar-refractivity contribution in [3.05, 3.63) is 82.7 Å². The molecule has 0 radical (unpaired) electrons. The lowest BCUT2D eigenvalue weighted by Crippen LogP contribution is -2.43. The Balaban J connectivity index is 1.71. The number of hydrogen-bond acceptors (Lipinski definition) is 4. The SMILES string of the molecule is CCC(C)(NC(=O)c1cncc2c1cnn2-c1ccc(F)cc1)c1ccnc(Br)c1. The number of nitrogens with one attached hydrogen (secondary N) is 1. The van der Waals surface area contributed by atoms with Gasteiger partial charge in [-0.3, -0.25) is 9.78 Å². The molecule has 6 nitrogen and oxygen atoms in total. The summed E-state index contributed by atoms with van der Waals surface area (Å²) < 4.78 is 15.6. The molecule has 0 saturated heterocycles. The number of rotatable bonds is 5. The third-order valence-electron chi connectivity index (χ3n) is 5.27. The van der Waals surface area contributed by atoms with E-state index in [4.69, 9.17) is 0 Å². The molecule has 1 N–H and O–H groups in total. The lowest BCUT2D eigenvalue weighted by atomic mass is 9.89. The number of pyridine rings is 2. The first-order chi connectivity index (χ1) is 14.4. The predicted octanol–water partition coefficient (Wildman–Crippen LogP) is 4.77. The van der Waals surface area contributed by atoms with Crippen LogP contribution in [-0.4, -0.2) is 25.7 Å². The van der Waals surface area contributed by atoms with Crippen LogP contribution in [0.15, 0.2) is 65.8 Å².